The summed E-state index contributed by atoms with van der Waals surface area (Å²) in [5.41, 5.74) is -0.207. The summed E-state index contributed by atoms with van der Waals surface area (Å²) >= 11 is 0. The highest BCUT2D eigenvalue weighted by Crippen LogP contribution is 2.32. The lowest BCUT2D eigenvalue weighted by molar-refractivity contribution is -0.138. The molecule has 0 aliphatic rings. The van der Waals surface area contributed by atoms with E-state index < -0.39 is 41.1 Å². The maximum atomic E-state index is 14.4. The number of hydrogen-bond acceptors (Lipinski definition) is 4. The molecule has 0 bridgehead atoms. The van der Waals surface area contributed by atoms with Crippen LogP contribution < -0.4 is 9.47 Å². The van der Waals surface area contributed by atoms with Crippen molar-refractivity contribution < 1.29 is 32.2 Å². The minimum absolute atomic E-state index is 0.0195. The fourth-order valence-electron chi connectivity index (χ4n) is 2.00. The van der Waals surface area contributed by atoms with E-state index in [1.807, 2.05) is 0 Å². The molecule has 142 valence electrons. The summed E-state index contributed by atoms with van der Waals surface area (Å²) < 4.78 is 52.3. The molecule has 0 aliphatic heterocycles. The molecule has 27 heavy (non-hydrogen) atoms. The first-order valence-electron chi connectivity index (χ1n) is 7.99. The van der Waals surface area contributed by atoms with Crippen LogP contribution in [0.2, 0.25) is 0 Å². The van der Waals surface area contributed by atoms with Gasteiger partial charge in [-0.25, -0.2) is 13.6 Å². The van der Waals surface area contributed by atoms with Crippen molar-refractivity contribution in [1.82, 2.24) is 0 Å². The van der Waals surface area contributed by atoms with E-state index in [1.54, 1.807) is 13.8 Å². The van der Waals surface area contributed by atoms with Gasteiger partial charge in [0.1, 0.15) is 0 Å². The smallest absolute Gasteiger partial charge is 0.338 e. The van der Waals surface area contributed by atoms with E-state index in [0.29, 0.717) is 0 Å². The molecule has 2 aromatic rings. The van der Waals surface area contributed by atoms with Crippen LogP contribution in [0.1, 0.15) is 20.8 Å². The molecule has 0 unspecified atom stereocenters. The van der Waals surface area contributed by atoms with Crippen molar-refractivity contribution in [1.29, 1.82) is 0 Å². The van der Waals surface area contributed by atoms with Crippen molar-refractivity contribution in [3.05, 3.63) is 59.9 Å². The zero-order chi connectivity index (χ0) is 20.3. The van der Waals surface area contributed by atoms with Crippen molar-refractivity contribution in [2.24, 2.45) is 5.92 Å². The molecule has 0 fully saturated rings. The monoisotopic (exact) mass is 378 g/mol. The standard InChI is InChI=1S/C20H17F3O4/c1-10(2)19(24)26-15-7-5-12(9-14(15)21)13-6-8-16(18(23)17(13)22)27-20(25)11(3)4/h5-10H,3H2,1-2,4H3. The molecule has 7 heteroatoms. The van der Waals surface area contributed by atoms with Crippen LogP contribution in [0.3, 0.4) is 0 Å². The molecular weight excluding hydrogens is 361 g/mol. The van der Waals surface area contributed by atoms with Gasteiger partial charge in [0.2, 0.25) is 5.82 Å². The number of hydrogen-bond donors (Lipinski definition) is 0. The Morgan fingerprint density at radius 1 is 0.963 bits per heavy atom. The molecule has 2 aromatic carbocycles. The summed E-state index contributed by atoms with van der Waals surface area (Å²) in [5.74, 6) is -6.50. The van der Waals surface area contributed by atoms with E-state index in [2.05, 4.69) is 6.58 Å². The zero-order valence-corrected chi connectivity index (χ0v) is 14.9. The van der Waals surface area contributed by atoms with Gasteiger partial charge in [0.15, 0.2) is 23.1 Å². The van der Waals surface area contributed by atoms with Crippen LogP contribution in [0.5, 0.6) is 11.5 Å². The Labute approximate surface area is 154 Å². The Kier molecular flexibility index (Phi) is 6.05. The van der Waals surface area contributed by atoms with Crippen LogP contribution in [-0.4, -0.2) is 11.9 Å². The van der Waals surface area contributed by atoms with Crippen molar-refractivity contribution in [3.8, 4) is 22.6 Å². The lowest BCUT2D eigenvalue weighted by atomic mass is 10.0. The molecule has 0 aliphatic carbocycles. The van der Waals surface area contributed by atoms with E-state index in [9.17, 15) is 22.8 Å². The first-order valence-corrected chi connectivity index (χ1v) is 7.99. The second-order valence-corrected chi connectivity index (χ2v) is 6.13. The maximum absolute atomic E-state index is 14.4. The third kappa shape index (κ3) is 4.55. The van der Waals surface area contributed by atoms with Gasteiger partial charge >= 0.3 is 11.9 Å². The van der Waals surface area contributed by atoms with Crippen LogP contribution in [-0.2, 0) is 9.59 Å². The lowest BCUT2D eigenvalue weighted by Crippen LogP contribution is -2.15. The van der Waals surface area contributed by atoms with Gasteiger partial charge in [-0.2, -0.15) is 4.39 Å². The van der Waals surface area contributed by atoms with Gasteiger partial charge in [-0.3, -0.25) is 4.79 Å². The van der Waals surface area contributed by atoms with Gasteiger partial charge in [-0.1, -0.05) is 26.5 Å². The second-order valence-electron chi connectivity index (χ2n) is 6.13. The van der Waals surface area contributed by atoms with Crippen molar-refractivity contribution in [2.45, 2.75) is 20.8 Å². The largest absolute Gasteiger partial charge is 0.423 e. The molecule has 0 radical (unpaired) electrons. The molecule has 2 rings (SSSR count). The third-order valence-corrected chi connectivity index (χ3v) is 3.52. The highest BCUT2D eigenvalue weighted by Gasteiger charge is 2.20. The topological polar surface area (TPSA) is 52.6 Å². The van der Waals surface area contributed by atoms with Gasteiger partial charge in [-0.15, -0.1) is 0 Å². The molecule has 0 spiro atoms. The van der Waals surface area contributed by atoms with E-state index in [-0.39, 0.29) is 22.4 Å². The van der Waals surface area contributed by atoms with Gasteiger partial charge in [0, 0.05) is 11.1 Å². The van der Waals surface area contributed by atoms with Crippen LogP contribution in [0.25, 0.3) is 11.1 Å². The van der Waals surface area contributed by atoms with Gasteiger partial charge in [-0.05, 0) is 36.8 Å². The Morgan fingerprint density at radius 2 is 1.59 bits per heavy atom. The highest BCUT2D eigenvalue weighted by atomic mass is 19.2. The summed E-state index contributed by atoms with van der Waals surface area (Å²) in [7, 11) is 0. The zero-order valence-electron chi connectivity index (χ0n) is 14.9. The Balaban J connectivity index is 2.34. The van der Waals surface area contributed by atoms with Crippen molar-refractivity contribution >= 4 is 11.9 Å². The van der Waals surface area contributed by atoms with Crippen molar-refractivity contribution in [3.63, 3.8) is 0 Å². The number of carbonyl (C=O) groups is 2. The van der Waals surface area contributed by atoms with E-state index in [1.165, 1.54) is 13.0 Å². The summed E-state index contributed by atoms with van der Waals surface area (Å²) in [6.45, 7) is 7.90. The van der Waals surface area contributed by atoms with E-state index in [4.69, 9.17) is 9.47 Å². The predicted octanol–water partition coefficient (Wildman–Crippen LogP) is 4.81. The van der Waals surface area contributed by atoms with Gasteiger partial charge in [0.25, 0.3) is 0 Å². The second kappa shape index (κ2) is 8.07. The van der Waals surface area contributed by atoms with E-state index >= 15 is 0 Å². The van der Waals surface area contributed by atoms with Crippen molar-refractivity contribution in [2.75, 3.05) is 0 Å². The third-order valence-electron chi connectivity index (χ3n) is 3.52. The molecule has 0 aromatic heterocycles. The average molecular weight is 378 g/mol. The molecule has 4 nitrogen and oxygen atoms in total. The molecule has 0 N–H and O–H groups in total. The number of ether oxygens (including phenoxy) is 2. The summed E-state index contributed by atoms with van der Waals surface area (Å²) in [6, 6.07) is 5.55. The Bertz CT molecular complexity index is 920. The molecule has 0 heterocycles. The van der Waals surface area contributed by atoms with Crippen LogP contribution in [0.4, 0.5) is 13.2 Å². The maximum Gasteiger partial charge on any atom is 0.338 e. The van der Waals surface area contributed by atoms with Crippen LogP contribution >= 0.6 is 0 Å². The van der Waals surface area contributed by atoms with E-state index in [0.717, 1.165) is 24.3 Å². The number of benzene rings is 2. The number of rotatable bonds is 5. The van der Waals surface area contributed by atoms with Gasteiger partial charge < -0.3 is 9.47 Å². The van der Waals surface area contributed by atoms with Crippen LogP contribution in [0.15, 0.2) is 42.5 Å². The molecule has 0 saturated heterocycles. The predicted molar refractivity (Wildman–Crippen MR) is 92.7 cm³/mol. The first kappa shape index (κ1) is 20.2. The summed E-state index contributed by atoms with van der Waals surface area (Å²) in [6.07, 6.45) is 0. The molecule has 0 amide bonds. The average Bonchev–Trinajstić information content (AvgIpc) is 2.60. The van der Waals surface area contributed by atoms with Crippen LogP contribution in [0, 0.1) is 23.4 Å². The molecular formula is C20H17F3O4. The quantitative estimate of drug-likeness (QED) is 0.426. The number of carbonyl (C=O) groups excluding carboxylic acids is 2. The van der Waals surface area contributed by atoms with Gasteiger partial charge in [0.05, 0.1) is 5.92 Å². The minimum Gasteiger partial charge on any atom is -0.423 e. The molecule has 0 saturated carbocycles. The SMILES string of the molecule is C=C(C)C(=O)Oc1ccc(-c2ccc(OC(=O)C(C)C)c(F)c2)c(F)c1F. The highest BCUT2D eigenvalue weighted by molar-refractivity contribution is 5.88. The Hall–Kier alpha value is -3.09. The lowest BCUT2D eigenvalue weighted by Gasteiger charge is -2.11. The normalized spacial score (nSPS) is 10.6. The number of halogens is 3. The fraction of sp³-hybridized carbons (Fsp3) is 0.200. The summed E-state index contributed by atoms with van der Waals surface area (Å²) in [5, 5.41) is 0. The number of esters is 2. The minimum atomic E-state index is -1.39. The first-order chi connectivity index (χ1) is 12.6. The summed E-state index contributed by atoms with van der Waals surface area (Å²) in [4.78, 5) is 23.0. The Morgan fingerprint density at radius 3 is 2.15 bits per heavy atom. The fourth-order valence-corrected chi connectivity index (χ4v) is 2.00. The molecule has 0 atom stereocenters.